The summed E-state index contributed by atoms with van der Waals surface area (Å²) in [5.74, 6) is 0. The number of pyridine rings is 1. The van der Waals surface area contributed by atoms with Gasteiger partial charge in [0.05, 0.1) is 38.3 Å². The topological polar surface area (TPSA) is 24.9 Å². The monoisotopic (exact) mass is 586 g/mol. The van der Waals surface area contributed by atoms with E-state index in [4.69, 9.17) is 4.98 Å². The Morgan fingerprint density at radius 3 is 1.91 bits per heavy atom. The van der Waals surface area contributed by atoms with Crippen molar-refractivity contribution in [1.82, 2.24) is 10.3 Å². The molecule has 4 aromatic carbocycles. The standard InChI is InChI=1S/C39H26N2S2/c1-7-19-33-25(11-1)23-35(42-33)31-17-9-21-37(40-31)39(29-15-5-3-13-27(29)28-14-4-6-16-30(28)39)38-22-10-18-32(41-38)36-24-26-12-2-8-20-34(26)43-36/h1-24,37,40H. The average molecular weight is 587 g/mol. The van der Waals surface area contributed by atoms with Crippen LogP contribution in [0.1, 0.15) is 21.7 Å². The van der Waals surface area contributed by atoms with Crippen molar-refractivity contribution in [2.45, 2.75) is 11.5 Å². The van der Waals surface area contributed by atoms with Crippen LogP contribution in [-0.2, 0) is 5.41 Å². The summed E-state index contributed by atoms with van der Waals surface area (Å²) in [6.07, 6.45) is 6.76. The quantitative estimate of drug-likeness (QED) is 0.222. The fraction of sp³-hybridized carbons (Fsp3) is 0.0513. The molecule has 0 spiro atoms. The van der Waals surface area contributed by atoms with Crippen LogP contribution in [0.15, 0.2) is 146 Å². The fourth-order valence-corrected chi connectivity index (χ4v) is 9.07. The van der Waals surface area contributed by atoms with Gasteiger partial charge in [-0.25, -0.2) is 0 Å². The van der Waals surface area contributed by atoms with E-state index < -0.39 is 5.41 Å². The third-order valence-corrected chi connectivity index (χ3v) is 11.1. The molecule has 0 radical (unpaired) electrons. The fourth-order valence-electron chi connectivity index (χ4n) is 6.99. The minimum atomic E-state index is -0.521. The molecule has 9 rings (SSSR count). The Balaban J connectivity index is 1.25. The van der Waals surface area contributed by atoms with Crippen molar-refractivity contribution in [3.8, 4) is 21.7 Å². The van der Waals surface area contributed by atoms with Crippen LogP contribution in [0.2, 0.25) is 0 Å². The van der Waals surface area contributed by atoms with Crippen LogP contribution in [0.3, 0.4) is 0 Å². The smallest absolute Gasteiger partial charge is 0.0873 e. The highest BCUT2D eigenvalue weighted by Gasteiger charge is 2.51. The SMILES string of the molecule is C1=CC(C2(c3cccc(-c4cc5ccccc5s4)n3)c3ccccc3-c3ccccc32)NC(c2cc3ccccc3s2)=C1. The van der Waals surface area contributed by atoms with Crippen molar-refractivity contribution in [1.29, 1.82) is 0 Å². The van der Waals surface area contributed by atoms with Crippen LogP contribution in [0.4, 0.5) is 0 Å². The zero-order valence-electron chi connectivity index (χ0n) is 23.2. The Hall–Kier alpha value is -4.77. The number of nitrogens with one attached hydrogen (secondary N) is 1. The van der Waals surface area contributed by atoms with Gasteiger partial charge in [-0.2, -0.15) is 0 Å². The van der Waals surface area contributed by atoms with Crippen molar-refractivity contribution in [3.05, 3.63) is 167 Å². The first kappa shape index (κ1) is 24.8. The van der Waals surface area contributed by atoms with Gasteiger partial charge in [-0.05, 0) is 75.5 Å². The van der Waals surface area contributed by atoms with Gasteiger partial charge in [0, 0.05) is 9.40 Å². The second kappa shape index (κ2) is 9.63. The lowest BCUT2D eigenvalue weighted by molar-refractivity contribution is 0.496. The summed E-state index contributed by atoms with van der Waals surface area (Å²) in [6, 6.07) is 46.1. The molecule has 204 valence electrons. The van der Waals surface area contributed by atoms with Crippen molar-refractivity contribution in [3.63, 3.8) is 0 Å². The van der Waals surface area contributed by atoms with E-state index in [1.54, 1.807) is 0 Å². The van der Waals surface area contributed by atoms with Crippen LogP contribution in [0.25, 0.3) is 47.6 Å². The van der Waals surface area contributed by atoms with Gasteiger partial charge in [-0.3, -0.25) is 4.98 Å². The Morgan fingerprint density at radius 1 is 0.605 bits per heavy atom. The van der Waals surface area contributed by atoms with Gasteiger partial charge < -0.3 is 5.32 Å². The lowest BCUT2D eigenvalue weighted by Gasteiger charge is -2.40. The predicted octanol–water partition coefficient (Wildman–Crippen LogP) is 10.1. The van der Waals surface area contributed by atoms with Crippen molar-refractivity contribution >= 4 is 48.5 Å². The van der Waals surface area contributed by atoms with Crippen molar-refractivity contribution < 1.29 is 0 Å². The largest absolute Gasteiger partial charge is 0.376 e. The van der Waals surface area contributed by atoms with Crippen molar-refractivity contribution in [2.75, 3.05) is 0 Å². The maximum atomic E-state index is 5.52. The number of rotatable bonds is 4. The van der Waals surface area contributed by atoms with Crippen LogP contribution >= 0.6 is 22.7 Å². The number of benzene rings is 4. The number of allylic oxidation sites excluding steroid dienone is 2. The summed E-state index contributed by atoms with van der Waals surface area (Å²) >= 11 is 3.64. The number of fused-ring (bicyclic) bond motifs is 5. The third kappa shape index (κ3) is 3.73. The highest BCUT2D eigenvalue weighted by atomic mass is 32.1. The molecule has 0 saturated heterocycles. The number of nitrogens with zero attached hydrogens (tertiary/aromatic N) is 1. The molecule has 0 amide bonds. The first-order valence-corrected chi connectivity index (χ1v) is 16.2. The molecule has 3 aromatic heterocycles. The van der Waals surface area contributed by atoms with Crippen LogP contribution in [0.5, 0.6) is 0 Å². The molecule has 0 fully saturated rings. The molecule has 1 N–H and O–H groups in total. The van der Waals surface area contributed by atoms with E-state index >= 15 is 0 Å². The second-order valence-corrected chi connectivity index (χ2v) is 13.4. The number of hydrogen-bond acceptors (Lipinski definition) is 4. The second-order valence-electron chi connectivity index (χ2n) is 11.2. The molecule has 1 aliphatic carbocycles. The molecule has 7 aromatic rings. The van der Waals surface area contributed by atoms with Gasteiger partial charge in [-0.1, -0.05) is 103 Å². The zero-order valence-corrected chi connectivity index (χ0v) is 24.8. The van der Waals surface area contributed by atoms with Crippen LogP contribution in [0, 0.1) is 0 Å². The van der Waals surface area contributed by atoms with Crippen LogP contribution < -0.4 is 5.32 Å². The molecule has 4 heteroatoms. The molecule has 1 atom stereocenters. The van der Waals surface area contributed by atoms with E-state index in [2.05, 4.69) is 151 Å². The molecule has 0 saturated carbocycles. The molecule has 1 unspecified atom stereocenters. The number of hydrogen-bond donors (Lipinski definition) is 1. The maximum absolute atomic E-state index is 5.52. The summed E-state index contributed by atoms with van der Waals surface area (Å²) in [5.41, 5.74) is 7.83. The maximum Gasteiger partial charge on any atom is 0.0873 e. The molecular formula is C39H26N2S2. The molecule has 1 aliphatic heterocycles. The van der Waals surface area contributed by atoms with Crippen molar-refractivity contribution in [2.24, 2.45) is 0 Å². The van der Waals surface area contributed by atoms with Gasteiger partial charge in [0.1, 0.15) is 0 Å². The van der Waals surface area contributed by atoms with Crippen LogP contribution in [-0.4, -0.2) is 11.0 Å². The van der Waals surface area contributed by atoms with E-state index in [1.165, 1.54) is 52.2 Å². The first-order chi connectivity index (χ1) is 21.3. The molecule has 43 heavy (non-hydrogen) atoms. The predicted molar refractivity (Wildman–Crippen MR) is 183 cm³/mol. The summed E-state index contributed by atoms with van der Waals surface area (Å²) in [4.78, 5) is 7.96. The number of dihydropyridines is 1. The summed E-state index contributed by atoms with van der Waals surface area (Å²) in [7, 11) is 0. The number of aromatic nitrogens is 1. The Labute approximate surface area is 258 Å². The van der Waals surface area contributed by atoms with E-state index in [9.17, 15) is 0 Å². The van der Waals surface area contributed by atoms with E-state index in [-0.39, 0.29) is 6.04 Å². The van der Waals surface area contributed by atoms with E-state index in [1.807, 2.05) is 22.7 Å². The lowest BCUT2D eigenvalue weighted by Crippen LogP contribution is -2.48. The minimum Gasteiger partial charge on any atom is -0.376 e. The molecule has 2 aliphatic rings. The highest BCUT2D eigenvalue weighted by Crippen LogP contribution is 2.55. The van der Waals surface area contributed by atoms with Gasteiger partial charge in [0.2, 0.25) is 0 Å². The number of thiophene rings is 2. The van der Waals surface area contributed by atoms with Gasteiger partial charge >= 0.3 is 0 Å². The van der Waals surface area contributed by atoms with Gasteiger partial charge in [0.15, 0.2) is 0 Å². The molecule has 4 heterocycles. The highest BCUT2D eigenvalue weighted by molar-refractivity contribution is 7.22. The lowest BCUT2D eigenvalue weighted by atomic mass is 9.68. The van der Waals surface area contributed by atoms with Gasteiger partial charge in [-0.15, -0.1) is 22.7 Å². The summed E-state index contributed by atoms with van der Waals surface area (Å²) in [6.45, 7) is 0. The van der Waals surface area contributed by atoms with Gasteiger partial charge in [0.25, 0.3) is 0 Å². The molecule has 0 bridgehead atoms. The molecule has 2 nitrogen and oxygen atoms in total. The zero-order chi connectivity index (χ0) is 28.4. The Kier molecular flexibility index (Phi) is 5.55. The van der Waals surface area contributed by atoms with E-state index in [0.29, 0.717) is 0 Å². The third-order valence-electron chi connectivity index (χ3n) is 8.86. The Morgan fingerprint density at radius 2 is 1.21 bits per heavy atom. The Bertz CT molecular complexity index is 2140. The normalized spacial score (nSPS) is 16.6. The summed E-state index contributed by atoms with van der Waals surface area (Å²) in [5, 5.41) is 6.56. The minimum absolute atomic E-state index is 0.0485. The average Bonchev–Trinajstić information content (AvgIpc) is 3.78. The molecular weight excluding hydrogens is 561 g/mol. The summed E-state index contributed by atoms with van der Waals surface area (Å²) < 4.78 is 2.58. The first-order valence-electron chi connectivity index (χ1n) is 14.6. The van der Waals surface area contributed by atoms with E-state index in [0.717, 1.165) is 17.1 Å².